The number of carbonyl (C=O) groups excluding carboxylic acids is 1. The quantitative estimate of drug-likeness (QED) is 0.765. The van der Waals surface area contributed by atoms with Crippen LogP contribution in [0.15, 0.2) is 42.7 Å². The van der Waals surface area contributed by atoms with Crippen molar-refractivity contribution in [2.45, 2.75) is 19.9 Å². The number of amides is 1. The summed E-state index contributed by atoms with van der Waals surface area (Å²) < 4.78 is 0. The van der Waals surface area contributed by atoms with Gasteiger partial charge >= 0.3 is 0 Å². The maximum Gasteiger partial charge on any atom is 0.251 e. The Bertz CT molecular complexity index is 629. The van der Waals surface area contributed by atoms with Gasteiger partial charge in [-0.3, -0.25) is 9.78 Å². The predicted molar refractivity (Wildman–Crippen MR) is 86.9 cm³/mol. The van der Waals surface area contributed by atoms with Gasteiger partial charge in [0.15, 0.2) is 0 Å². The van der Waals surface area contributed by atoms with Gasteiger partial charge < -0.3 is 15.7 Å². The van der Waals surface area contributed by atoms with Crippen molar-refractivity contribution in [1.82, 2.24) is 10.3 Å². The Labute approximate surface area is 130 Å². The SMILES string of the molecule is Cc1c(NC(C)c2ccncc2)cccc1C(=O)NCCO. The molecule has 0 fully saturated rings. The summed E-state index contributed by atoms with van der Waals surface area (Å²) in [6.07, 6.45) is 3.53. The predicted octanol–water partition coefficient (Wildman–Crippen LogP) is 2.29. The van der Waals surface area contributed by atoms with Gasteiger partial charge in [0.1, 0.15) is 0 Å². The zero-order chi connectivity index (χ0) is 15.9. The van der Waals surface area contributed by atoms with Crippen LogP contribution in [0.1, 0.15) is 34.5 Å². The number of hydrogen-bond donors (Lipinski definition) is 3. The number of aliphatic hydroxyl groups is 1. The molecule has 22 heavy (non-hydrogen) atoms. The zero-order valence-electron chi connectivity index (χ0n) is 12.8. The maximum absolute atomic E-state index is 12.1. The summed E-state index contributed by atoms with van der Waals surface area (Å²) in [4.78, 5) is 16.1. The standard InChI is InChI=1S/C17H21N3O2/c1-12-15(17(22)19-10-11-21)4-3-5-16(12)20-13(2)14-6-8-18-9-7-14/h3-9,13,20-21H,10-11H2,1-2H3,(H,19,22). The molecule has 0 aliphatic rings. The lowest BCUT2D eigenvalue weighted by Crippen LogP contribution is -2.27. The monoisotopic (exact) mass is 299 g/mol. The van der Waals surface area contributed by atoms with Crippen molar-refractivity contribution in [2.75, 3.05) is 18.5 Å². The van der Waals surface area contributed by atoms with Crippen molar-refractivity contribution in [3.63, 3.8) is 0 Å². The average Bonchev–Trinajstić information content (AvgIpc) is 2.55. The van der Waals surface area contributed by atoms with E-state index in [0.717, 1.165) is 16.8 Å². The van der Waals surface area contributed by atoms with E-state index in [2.05, 4.69) is 22.5 Å². The van der Waals surface area contributed by atoms with Crippen molar-refractivity contribution in [3.05, 3.63) is 59.4 Å². The van der Waals surface area contributed by atoms with E-state index in [4.69, 9.17) is 5.11 Å². The van der Waals surface area contributed by atoms with Gasteiger partial charge in [-0.05, 0) is 49.2 Å². The molecule has 2 rings (SSSR count). The lowest BCUT2D eigenvalue weighted by atomic mass is 10.0. The van der Waals surface area contributed by atoms with Crippen LogP contribution in [0.5, 0.6) is 0 Å². The molecule has 0 bridgehead atoms. The van der Waals surface area contributed by atoms with Gasteiger partial charge in [-0.25, -0.2) is 0 Å². The molecule has 0 saturated heterocycles. The van der Waals surface area contributed by atoms with Crippen LogP contribution in [-0.4, -0.2) is 29.1 Å². The van der Waals surface area contributed by atoms with Crippen molar-refractivity contribution in [1.29, 1.82) is 0 Å². The molecule has 1 amide bonds. The van der Waals surface area contributed by atoms with Crippen molar-refractivity contribution >= 4 is 11.6 Å². The molecule has 0 saturated carbocycles. The minimum atomic E-state index is -0.174. The molecule has 5 heteroatoms. The van der Waals surface area contributed by atoms with E-state index in [1.165, 1.54) is 0 Å². The van der Waals surface area contributed by atoms with Gasteiger partial charge in [-0.1, -0.05) is 6.07 Å². The second-order valence-corrected chi connectivity index (χ2v) is 5.10. The van der Waals surface area contributed by atoms with E-state index in [1.54, 1.807) is 18.5 Å². The zero-order valence-corrected chi connectivity index (χ0v) is 12.8. The number of nitrogens with zero attached hydrogens (tertiary/aromatic N) is 1. The molecule has 116 valence electrons. The highest BCUT2D eigenvalue weighted by Gasteiger charge is 2.13. The largest absolute Gasteiger partial charge is 0.395 e. The third kappa shape index (κ3) is 3.83. The summed E-state index contributed by atoms with van der Waals surface area (Å²) in [5.74, 6) is -0.174. The van der Waals surface area contributed by atoms with Crippen molar-refractivity contribution in [2.24, 2.45) is 0 Å². The van der Waals surface area contributed by atoms with Crippen LogP contribution in [0.3, 0.4) is 0 Å². The Morgan fingerprint density at radius 2 is 2.00 bits per heavy atom. The Kier molecular flexibility index (Phi) is 5.49. The van der Waals surface area contributed by atoms with Crippen LogP contribution >= 0.6 is 0 Å². The minimum absolute atomic E-state index is 0.0677. The van der Waals surface area contributed by atoms with E-state index in [0.29, 0.717) is 5.56 Å². The third-order valence-corrected chi connectivity index (χ3v) is 3.55. The molecule has 1 aromatic heterocycles. The topological polar surface area (TPSA) is 74.2 Å². The van der Waals surface area contributed by atoms with Crippen LogP contribution < -0.4 is 10.6 Å². The number of benzene rings is 1. The Morgan fingerprint density at radius 1 is 1.27 bits per heavy atom. The first-order valence-electron chi connectivity index (χ1n) is 7.28. The molecule has 0 radical (unpaired) electrons. The molecule has 0 aliphatic heterocycles. The van der Waals surface area contributed by atoms with Crippen LogP contribution in [0.25, 0.3) is 0 Å². The van der Waals surface area contributed by atoms with E-state index in [-0.39, 0.29) is 25.1 Å². The molecule has 0 spiro atoms. The van der Waals surface area contributed by atoms with E-state index in [9.17, 15) is 4.79 Å². The van der Waals surface area contributed by atoms with Crippen molar-refractivity contribution in [3.8, 4) is 0 Å². The lowest BCUT2D eigenvalue weighted by molar-refractivity contribution is 0.0944. The fourth-order valence-electron chi connectivity index (χ4n) is 2.27. The number of anilines is 1. The summed E-state index contributed by atoms with van der Waals surface area (Å²) >= 11 is 0. The van der Waals surface area contributed by atoms with Gasteiger partial charge in [-0.2, -0.15) is 0 Å². The number of aromatic nitrogens is 1. The van der Waals surface area contributed by atoms with Crippen LogP contribution in [0, 0.1) is 6.92 Å². The molecule has 1 aromatic carbocycles. The second kappa shape index (κ2) is 7.56. The summed E-state index contributed by atoms with van der Waals surface area (Å²) in [5, 5.41) is 14.9. The van der Waals surface area contributed by atoms with Crippen LogP contribution in [0.2, 0.25) is 0 Å². The molecule has 1 unspecified atom stereocenters. The van der Waals surface area contributed by atoms with Gasteiger partial charge in [0.2, 0.25) is 0 Å². The second-order valence-electron chi connectivity index (χ2n) is 5.10. The normalized spacial score (nSPS) is 11.8. The number of pyridine rings is 1. The van der Waals surface area contributed by atoms with Gasteiger partial charge in [-0.15, -0.1) is 0 Å². The number of carbonyl (C=O) groups is 1. The van der Waals surface area contributed by atoms with Crippen LogP contribution in [0.4, 0.5) is 5.69 Å². The molecule has 5 nitrogen and oxygen atoms in total. The highest BCUT2D eigenvalue weighted by atomic mass is 16.3. The average molecular weight is 299 g/mol. The molecule has 0 aliphatic carbocycles. The van der Waals surface area contributed by atoms with E-state index in [1.807, 2.05) is 31.2 Å². The third-order valence-electron chi connectivity index (χ3n) is 3.55. The minimum Gasteiger partial charge on any atom is -0.395 e. The maximum atomic E-state index is 12.1. The smallest absolute Gasteiger partial charge is 0.251 e. The first-order valence-corrected chi connectivity index (χ1v) is 7.28. The molecule has 1 atom stereocenters. The number of rotatable bonds is 6. The van der Waals surface area contributed by atoms with Gasteiger partial charge in [0, 0.05) is 36.2 Å². The number of nitrogens with one attached hydrogen (secondary N) is 2. The van der Waals surface area contributed by atoms with E-state index >= 15 is 0 Å². The summed E-state index contributed by atoms with van der Waals surface area (Å²) in [5.41, 5.74) is 3.55. The van der Waals surface area contributed by atoms with Crippen molar-refractivity contribution < 1.29 is 9.90 Å². The summed E-state index contributed by atoms with van der Waals surface area (Å²) in [6.45, 7) is 4.16. The summed E-state index contributed by atoms with van der Waals surface area (Å²) in [7, 11) is 0. The lowest BCUT2D eigenvalue weighted by Gasteiger charge is -2.18. The van der Waals surface area contributed by atoms with E-state index < -0.39 is 0 Å². The highest BCUT2D eigenvalue weighted by molar-refractivity contribution is 5.97. The Hall–Kier alpha value is -2.40. The summed E-state index contributed by atoms with van der Waals surface area (Å²) in [6, 6.07) is 9.62. The fraction of sp³-hybridized carbons (Fsp3) is 0.294. The Balaban J connectivity index is 2.17. The highest BCUT2D eigenvalue weighted by Crippen LogP contribution is 2.24. The molecule has 3 N–H and O–H groups in total. The van der Waals surface area contributed by atoms with Gasteiger partial charge in [0.25, 0.3) is 5.91 Å². The molecular weight excluding hydrogens is 278 g/mol. The molecular formula is C17H21N3O2. The molecule has 1 heterocycles. The number of hydrogen-bond acceptors (Lipinski definition) is 4. The van der Waals surface area contributed by atoms with Gasteiger partial charge in [0.05, 0.1) is 6.61 Å². The first-order chi connectivity index (χ1) is 10.6. The Morgan fingerprint density at radius 3 is 2.68 bits per heavy atom. The fourth-order valence-corrected chi connectivity index (χ4v) is 2.27. The van der Waals surface area contributed by atoms with Crippen LogP contribution in [-0.2, 0) is 0 Å². The first kappa shape index (κ1) is 16.0. The molecule has 2 aromatic rings. The number of aliphatic hydroxyl groups excluding tert-OH is 1.